The highest BCUT2D eigenvalue weighted by Gasteiger charge is 2.13. The second-order valence-corrected chi connectivity index (χ2v) is 4.33. The number of anilines is 1. The summed E-state index contributed by atoms with van der Waals surface area (Å²) in [4.78, 5) is 13.7. The Kier molecular flexibility index (Phi) is 3.53. The van der Waals surface area contributed by atoms with Crippen LogP contribution in [0.3, 0.4) is 0 Å². The number of carbonyl (C=O) groups excluding carboxylic acids is 1. The van der Waals surface area contributed by atoms with Gasteiger partial charge in [0.1, 0.15) is 5.75 Å². The quantitative estimate of drug-likeness (QED) is 0.901. The molecule has 0 unspecified atom stereocenters. The maximum atomic E-state index is 12.2. The average Bonchev–Trinajstić information content (AvgIpc) is 2.38. The molecule has 2 rings (SSSR count). The van der Waals surface area contributed by atoms with Gasteiger partial charge < -0.3 is 10.0 Å². The zero-order valence-electron chi connectivity index (χ0n) is 9.80. The largest absolute Gasteiger partial charge is 0.508 e. The molecule has 0 heterocycles. The average molecular weight is 262 g/mol. The van der Waals surface area contributed by atoms with Crippen LogP contribution < -0.4 is 4.90 Å². The van der Waals surface area contributed by atoms with Gasteiger partial charge in [-0.3, -0.25) is 4.79 Å². The van der Waals surface area contributed by atoms with E-state index < -0.39 is 0 Å². The number of benzene rings is 2. The van der Waals surface area contributed by atoms with Crippen molar-refractivity contribution in [1.29, 1.82) is 0 Å². The summed E-state index contributed by atoms with van der Waals surface area (Å²) in [5, 5.41) is 9.74. The first-order valence-electron chi connectivity index (χ1n) is 5.40. The lowest BCUT2D eigenvalue weighted by Gasteiger charge is -2.17. The molecule has 0 fully saturated rings. The highest BCUT2D eigenvalue weighted by atomic mass is 35.5. The fourth-order valence-corrected chi connectivity index (χ4v) is 1.80. The van der Waals surface area contributed by atoms with Crippen molar-refractivity contribution < 1.29 is 9.90 Å². The summed E-state index contributed by atoms with van der Waals surface area (Å²) in [6.45, 7) is 0. The molecular weight excluding hydrogens is 250 g/mol. The summed E-state index contributed by atoms with van der Waals surface area (Å²) in [6.07, 6.45) is 0. The third kappa shape index (κ3) is 2.63. The van der Waals surface area contributed by atoms with E-state index in [0.29, 0.717) is 16.3 Å². The summed E-state index contributed by atoms with van der Waals surface area (Å²) in [6, 6.07) is 13.2. The van der Waals surface area contributed by atoms with Crippen molar-refractivity contribution in [2.24, 2.45) is 0 Å². The van der Waals surface area contributed by atoms with Crippen molar-refractivity contribution in [3.63, 3.8) is 0 Å². The predicted octanol–water partition coefficient (Wildman–Crippen LogP) is 3.32. The minimum absolute atomic E-state index is 0.150. The summed E-state index contributed by atoms with van der Waals surface area (Å²) in [5.74, 6) is 0.0190. The molecule has 0 saturated carbocycles. The molecule has 0 saturated heterocycles. The van der Waals surface area contributed by atoms with Gasteiger partial charge in [0.2, 0.25) is 0 Å². The van der Waals surface area contributed by atoms with Gasteiger partial charge in [0.25, 0.3) is 5.91 Å². The number of halogens is 1. The van der Waals surface area contributed by atoms with Crippen LogP contribution in [-0.4, -0.2) is 18.1 Å². The van der Waals surface area contributed by atoms with E-state index >= 15 is 0 Å². The normalized spacial score (nSPS) is 10.1. The summed E-state index contributed by atoms with van der Waals surface area (Å²) in [7, 11) is 1.68. The molecule has 0 aliphatic heterocycles. The predicted molar refractivity (Wildman–Crippen MR) is 72.3 cm³/mol. The zero-order chi connectivity index (χ0) is 13.1. The topological polar surface area (TPSA) is 40.5 Å². The Morgan fingerprint density at radius 2 is 1.83 bits per heavy atom. The van der Waals surface area contributed by atoms with Gasteiger partial charge in [-0.1, -0.05) is 17.7 Å². The molecule has 92 valence electrons. The molecule has 0 radical (unpaired) electrons. The molecule has 2 aromatic carbocycles. The van der Waals surface area contributed by atoms with Crippen molar-refractivity contribution in [3.05, 3.63) is 59.1 Å². The van der Waals surface area contributed by atoms with Crippen LogP contribution >= 0.6 is 11.6 Å². The van der Waals surface area contributed by atoms with Crippen molar-refractivity contribution in [3.8, 4) is 5.75 Å². The number of nitrogens with zero attached hydrogens (tertiary/aromatic N) is 1. The summed E-state index contributed by atoms with van der Waals surface area (Å²) >= 11 is 5.86. The fraction of sp³-hybridized carbons (Fsp3) is 0.0714. The van der Waals surface area contributed by atoms with Gasteiger partial charge in [-0.05, 0) is 42.5 Å². The SMILES string of the molecule is CN(C(=O)c1cccc(Cl)c1)c1ccc(O)cc1. The van der Waals surface area contributed by atoms with E-state index in [0.717, 1.165) is 0 Å². The molecule has 4 heteroatoms. The number of carbonyl (C=O) groups is 1. The number of hydrogen-bond acceptors (Lipinski definition) is 2. The molecule has 1 N–H and O–H groups in total. The Hall–Kier alpha value is -2.00. The lowest BCUT2D eigenvalue weighted by molar-refractivity contribution is 0.0993. The first-order chi connectivity index (χ1) is 8.58. The van der Waals surface area contributed by atoms with Gasteiger partial charge in [-0.15, -0.1) is 0 Å². The van der Waals surface area contributed by atoms with Crippen LogP contribution in [0.4, 0.5) is 5.69 Å². The second-order valence-electron chi connectivity index (χ2n) is 3.89. The van der Waals surface area contributed by atoms with E-state index in [4.69, 9.17) is 11.6 Å². The standard InChI is InChI=1S/C14H12ClNO2/c1-16(12-5-7-13(17)8-6-12)14(18)10-3-2-4-11(15)9-10/h2-9,17H,1H3. The third-order valence-corrected chi connectivity index (χ3v) is 2.85. The van der Waals surface area contributed by atoms with E-state index in [2.05, 4.69) is 0 Å². The maximum absolute atomic E-state index is 12.2. The molecule has 18 heavy (non-hydrogen) atoms. The number of aromatic hydroxyl groups is 1. The highest BCUT2D eigenvalue weighted by Crippen LogP contribution is 2.20. The number of amides is 1. The smallest absolute Gasteiger partial charge is 0.258 e. The van der Waals surface area contributed by atoms with Gasteiger partial charge in [0, 0.05) is 23.3 Å². The first-order valence-corrected chi connectivity index (χ1v) is 5.78. The Labute approximate surface area is 110 Å². The third-order valence-electron chi connectivity index (χ3n) is 2.61. The van der Waals surface area contributed by atoms with Crippen molar-refractivity contribution in [1.82, 2.24) is 0 Å². The number of phenols is 1. The number of hydrogen-bond donors (Lipinski definition) is 1. The summed E-state index contributed by atoms with van der Waals surface area (Å²) in [5.41, 5.74) is 1.23. The molecule has 0 aromatic heterocycles. The molecule has 0 spiro atoms. The van der Waals surface area contributed by atoms with E-state index in [9.17, 15) is 9.90 Å². The van der Waals surface area contributed by atoms with Crippen molar-refractivity contribution in [2.75, 3.05) is 11.9 Å². The zero-order valence-corrected chi connectivity index (χ0v) is 10.6. The van der Waals surface area contributed by atoms with Crippen LogP contribution in [-0.2, 0) is 0 Å². The number of rotatable bonds is 2. The Morgan fingerprint density at radius 1 is 1.17 bits per heavy atom. The van der Waals surface area contributed by atoms with Crippen LogP contribution in [0, 0.1) is 0 Å². The molecule has 0 aliphatic rings. The van der Waals surface area contributed by atoms with Crippen LogP contribution in [0.15, 0.2) is 48.5 Å². The van der Waals surface area contributed by atoms with Crippen molar-refractivity contribution in [2.45, 2.75) is 0 Å². The van der Waals surface area contributed by atoms with Crippen LogP contribution in [0.1, 0.15) is 10.4 Å². The first kappa shape index (κ1) is 12.5. The van der Waals surface area contributed by atoms with E-state index in [1.807, 2.05) is 0 Å². The molecule has 0 bridgehead atoms. The van der Waals surface area contributed by atoms with Gasteiger partial charge >= 0.3 is 0 Å². The Morgan fingerprint density at radius 3 is 2.44 bits per heavy atom. The minimum atomic E-state index is -0.150. The monoisotopic (exact) mass is 261 g/mol. The lowest BCUT2D eigenvalue weighted by Crippen LogP contribution is -2.26. The molecule has 3 nitrogen and oxygen atoms in total. The van der Waals surface area contributed by atoms with E-state index in [-0.39, 0.29) is 11.7 Å². The van der Waals surface area contributed by atoms with Gasteiger partial charge in [0.05, 0.1) is 0 Å². The molecule has 1 amide bonds. The van der Waals surface area contributed by atoms with E-state index in [1.54, 1.807) is 43.4 Å². The highest BCUT2D eigenvalue weighted by molar-refractivity contribution is 6.31. The molecule has 2 aromatic rings. The Bertz CT molecular complexity index is 566. The summed E-state index contributed by atoms with van der Waals surface area (Å²) < 4.78 is 0. The number of phenolic OH excluding ortho intramolecular Hbond substituents is 1. The minimum Gasteiger partial charge on any atom is -0.508 e. The van der Waals surface area contributed by atoms with Gasteiger partial charge in [-0.2, -0.15) is 0 Å². The van der Waals surface area contributed by atoms with Crippen molar-refractivity contribution >= 4 is 23.2 Å². The maximum Gasteiger partial charge on any atom is 0.258 e. The van der Waals surface area contributed by atoms with Crippen LogP contribution in [0.5, 0.6) is 5.75 Å². The van der Waals surface area contributed by atoms with Gasteiger partial charge in [-0.25, -0.2) is 0 Å². The van der Waals surface area contributed by atoms with Crippen LogP contribution in [0.2, 0.25) is 5.02 Å². The molecule has 0 atom stereocenters. The fourth-order valence-electron chi connectivity index (χ4n) is 1.61. The molecular formula is C14H12ClNO2. The van der Waals surface area contributed by atoms with E-state index in [1.165, 1.54) is 17.0 Å². The Balaban J connectivity index is 2.26. The van der Waals surface area contributed by atoms with Crippen LogP contribution in [0.25, 0.3) is 0 Å². The second kappa shape index (κ2) is 5.10. The lowest BCUT2D eigenvalue weighted by atomic mass is 10.2. The van der Waals surface area contributed by atoms with Gasteiger partial charge in [0.15, 0.2) is 0 Å². The molecule has 0 aliphatic carbocycles.